The van der Waals surface area contributed by atoms with E-state index in [2.05, 4.69) is 20.3 Å². The number of pyridine rings is 3. The van der Waals surface area contributed by atoms with Crippen molar-refractivity contribution in [3.05, 3.63) is 154 Å². The molecule has 9 nitrogen and oxygen atoms in total. The Kier molecular flexibility index (Phi) is 7.29. The molecule has 0 aliphatic heterocycles. The number of nitrogens with zero attached hydrogens (tertiary/aromatic N) is 5. The summed E-state index contributed by atoms with van der Waals surface area (Å²) < 4.78 is 2.25. The smallest absolute Gasteiger partial charge is 0.278 e. The zero-order valence-corrected chi connectivity index (χ0v) is 22.3. The third-order valence-corrected chi connectivity index (χ3v) is 6.59. The van der Waals surface area contributed by atoms with E-state index in [1.807, 2.05) is 60.7 Å². The van der Waals surface area contributed by atoms with Gasteiger partial charge in [0.15, 0.2) is 18.0 Å². The summed E-state index contributed by atoms with van der Waals surface area (Å²) in [5, 5.41) is 14.7. The standard InChI is InChI=1S/C33H24N6O3/c40-31(12-11-23-13-16-34-17-14-23)36-27-8-1-6-25(20-27)26-7-2-9-28(21-26)39-32-29(10-3-15-35-32)37-30(33(39)41)19-24-5-4-18-38(42)22-24/h1-18,20-22H,19H2,(H,36,40)/b12-11+. The molecule has 0 fully saturated rings. The van der Waals surface area contributed by atoms with Crippen LogP contribution in [0.25, 0.3) is 34.1 Å². The van der Waals surface area contributed by atoms with Gasteiger partial charge in [0, 0.05) is 48.4 Å². The molecule has 6 rings (SSSR count). The van der Waals surface area contributed by atoms with Crippen molar-refractivity contribution in [1.29, 1.82) is 0 Å². The maximum absolute atomic E-state index is 13.8. The summed E-state index contributed by atoms with van der Waals surface area (Å²) in [4.78, 5) is 39.3. The second kappa shape index (κ2) is 11.6. The third-order valence-electron chi connectivity index (χ3n) is 6.59. The number of amides is 1. The van der Waals surface area contributed by atoms with Crippen molar-refractivity contribution in [3.8, 4) is 16.8 Å². The Morgan fingerprint density at radius 1 is 0.929 bits per heavy atom. The number of carbonyl (C=O) groups is 1. The Morgan fingerprint density at radius 3 is 2.57 bits per heavy atom. The average molecular weight is 553 g/mol. The highest BCUT2D eigenvalue weighted by molar-refractivity contribution is 6.02. The summed E-state index contributed by atoms with van der Waals surface area (Å²) in [6.07, 6.45) is 11.2. The molecule has 1 amide bonds. The van der Waals surface area contributed by atoms with Crippen LogP contribution in [-0.2, 0) is 11.2 Å². The first-order valence-electron chi connectivity index (χ1n) is 13.2. The quantitative estimate of drug-likeness (QED) is 0.174. The number of rotatable bonds is 7. The Hall–Kier alpha value is -5.96. The normalized spacial score (nSPS) is 11.1. The van der Waals surface area contributed by atoms with Crippen molar-refractivity contribution in [1.82, 2.24) is 19.5 Å². The molecule has 0 aliphatic carbocycles. The number of nitrogens with one attached hydrogen (secondary N) is 1. The number of hydrogen-bond donors (Lipinski definition) is 1. The second-order valence-electron chi connectivity index (χ2n) is 9.53. The van der Waals surface area contributed by atoms with Crippen LogP contribution >= 0.6 is 0 Å². The van der Waals surface area contributed by atoms with Crippen LogP contribution in [0.4, 0.5) is 5.69 Å². The van der Waals surface area contributed by atoms with Crippen molar-refractivity contribution in [2.24, 2.45) is 0 Å². The molecule has 42 heavy (non-hydrogen) atoms. The van der Waals surface area contributed by atoms with E-state index in [1.54, 1.807) is 53.5 Å². The molecule has 204 valence electrons. The molecule has 0 bridgehead atoms. The van der Waals surface area contributed by atoms with Gasteiger partial charge in [0.05, 0.1) is 5.69 Å². The molecule has 0 aliphatic rings. The molecule has 0 atom stereocenters. The first-order valence-corrected chi connectivity index (χ1v) is 13.2. The van der Waals surface area contributed by atoms with Gasteiger partial charge in [0.1, 0.15) is 11.2 Å². The fourth-order valence-corrected chi connectivity index (χ4v) is 4.65. The van der Waals surface area contributed by atoms with Crippen LogP contribution < -0.4 is 15.6 Å². The van der Waals surface area contributed by atoms with Crippen LogP contribution in [0.5, 0.6) is 0 Å². The lowest BCUT2D eigenvalue weighted by Gasteiger charge is -2.13. The number of benzene rings is 2. The molecular formula is C33H24N6O3. The van der Waals surface area contributed by atoms with Gasteiger partial charge in [-0.25, -0.2) is 9.97 Å². The van der Waals surface area contributed by atoms with E-state index in [4.69, 9.17) is 0 Å². The highest BCUT2D eigenvalue weighted by Crippen LogP contribution is 2.26. The minimum absolute atomic E-state index is 0.198. The maximum atomic E-state index is 13.8. The topological polar surface area (TPSA) is 117 Å². The van der Waals surface area contributed by atoms with Crippen molar-refractivity contribution in [3.63, 3.8) is 0 Å². The first kappa shape index (κ1) is 26.3. The third kappa shape index (κ3) is 5.80. The molecule has 0 radical (unpaired) electrons. The van der Waals surface area contributed by atoms with Gasteiger partial charge in [-0.15, -0.1) is 0 Å². The highest BCUT2D eigenvalue weighted by Gasteiger charge is 2.15. The summed E-state index contributed by atoms with van der Waals surface area (Å²) in [5.74, 6) is -0.257. The first-order chi connectivity index (χ1) is 20.5. The Balaban J connectivity index is 1.33. The molecule has 6 aromatic rings. The van der Waals surface area contributed by atoms with Gasteiger partial charge in [0.2, 0.25) is 5.91 Å². The predicted molar refractivity (Wildman–Crippen MR) is 161 cm³/mol. The molecule has 0 spiro atoms. The van der Waals surface area contributed by atoms with Gasteiger partial charge >= 0.3 is 0 Å². The van der Waals surface area contributed by atoms with Crippen molar-refractivity contribution in [2.75, 3.05) is 5.32 Å². The van der Waals surface area contributed by atoms with Gasteiger partial charge < -0.3 is 10.5 Å². The molecule has 0 saturated carbocycles. The fraction of sp³-hybridized carbons (Fsp3) is 0.0303. The largest absolute Gasteiger partial charge is 0.619 e. The van der Waals surface area contributed by atoms with Crippen molar-refractivity contribution >= 4 is 28.8 Å². The SMILES string of the molecule is O=C(/C=C/c1ccncc1)Nc1cccc(-c2cccc(-n3c(=O)c(Cc4ccc[n+]([O-])c4)nc4cccnc43)c2)c1. The van der Waals surface area contributed by atoms with Gasteiger partial charge in [-0.1, -0.05) is 24.3 Å². The van der Waals surface area contributed by atoms with Crippen LogP contribution in [0.3, 0.4) is 0 Å². The minimum atomic E-state index is -0.318. The Morgan fingerprint density at radius 2 is 1.74 bits per heavy atom. The highest BCUT2D eigenvalue weighted by atomic mass is 16.5. The number of anilines is 1. The Labute approximate surface area is 240 Å². The van der Waals surface area contributed by atoms with E-state index in [-0.39, 0.29) is 17.9 Å². The lowest BCUT2D eigenvalue weighted by Crippen LogP contribution is -2.27. The van der Waals surface area contributed by atoms with Crippen LogP contribution in [0.15, 0.2) is 127 Å². The fourth-order valence-electron chi connectivity index (χ4n) is 4.65. The zero-order valence-electron chi connectivity index (χ0n) is 22.3. The molecule has 4 heterocycles. The number of hydrogen-bond acceptors (Lipinski definition) is 6. The Bertz CT molecular complexity index is 2000. The molecule has 1 N–H and O–H groups in total. The van der Waals surface area contributed by atoms with Crippen LogP contribution in [0, 0.1) is 5.21 Å². The van der Waals surface area contributed by atoms with E-state index in [1.165, 1.54) is 18.5 Å². The van der Waals surface area contributed by atoms with Crippen LogP contribution in [0.2, 0.25) is 0 Å². The lowest BCUT2D eigenvalue weighted by atomic mass is 10.0. The summed E-state index contributed by atoms with van der Waals surface area (Å²) in [5.41, 5.74) is 5.49. The second-order valence-corrected chi connectivity index (χ2v) is 9.53. The van der Waals surface area contributed by atoms with E-state index in [0.717, 1.165) is 16.7 Å². The van der Waals surface area contributed by atoms with E-state index < -0.39 is 0 Å². The molecule has 0 unspecified atom stereocenters. The van der Waals surface area contributed by atoms with Crippen molar-refractivity contribution < 1.29 is 9.52 Å². The van der Waals surface area contributed by atoms with Gasteiger partial charge in [-0.05, 0) is 77.4 Å². The van der Waals surface area contributed by atoms with Crippen molar-refractivity contribution in [2.45, 2.75) is 6.42 Å². The molecule has 2 aromatic carbocycles. The summed E-state index contributed by atoms with van der Waals surface area (Å²) in [6.45, 7) is 0. The van der Waals surface area contributed by atoms with E-state index in [9.17, 15) is 14.8 Å². The van der Waals surface area contributed by atoms with Crippen LogP contribution in [-0.4, -0.2) is 25.4 Å². The average Bonchev–Trinajstić information content (AvgIpc) is 3.01. The summed E-state index contributed by atoms with van der Waals surface area (Å²) in [6, 6.07) is 25.7. The zero-order chi connectivity index (χ0) is 28.9. The van der Waals surface area contributed by atoms with Gasteiger partial charge in [0.25, 0.3) is 5.56 Å². The predicted octanol–water partition coefficient (Wildman–Crippen LogP) is 4.72. The lowest BCUT2D eigenvalue weighted by molar-refractivity contribution is -0.605. The summed E-state index contributed by atoms with van der Waals surface area (Å²) >= 11 is 0. The van der Waals surface area contributed by atoms with E-state index >= 15 is 0 Å². The molecule has 9 heteroatoms. The van der Waals surface area contributed by atoms with E-state index in [0.29, 0.717) is 38.5 Å². The maximum Gasteiger partial charge on any atom is 0.278 e. The number of aromatic nitrogens is 5. The molecular weight excluding hydrogens is 528 g/mol. The molecule has 4 aromatic heterocycles. The van der Waals surface area contributed by atoms with Gasteiger partial charge in [-0.3, -0.25) is 19.1 Å². The minimum Gasteiger partial charge on any atom is -0.619 e. The van der Waals surface area contributed by atoms with Crippen LogP contribution in [0.1, 0.15) is 16.8 Å². The molecule has 0 saturated heterocycles. The van der Waals surface area contributed by atoms with Gasteiger partial charge in [-0.2, -0.15) is 4.73 Å². The number of fused-ring (bicyclic) bond motifs is 1. The summed E-state index contributed by atoms with van der Waals surface area (Å²) in [7, 11) is 0. The number of carbonyl (C=O) groups excluding carboxylic acids is 1. The monoisotopic (exact) mass is 552 g/mol.